The molecule has 6 heterocycles. The molecule has 4 unspecified atom stereocenters. The minimum absolute atomic E-state index is 0.147. The van der Waals surface area contributed by atoms with Crippen LogP contribution in [0.3, 0.4) is 0 Å². The maximum absolute atomic E-state index is 12.7. The van der Waals surface area contributed by atoms with Crippen LogP contribution in [-0.4, -0.2) is 68.2 Å². The summed E-state index contributed by atoms with van der Waals surface area (Å²) in [5.41, 5.74) is 1.17. The van der Waals surface area contributed by atoms with Gasteiger partial charge in [-0.2, -0.15) is 0 Å². The zero-order valence-corrected chi connectivity index (χ0v) is 22.5. The van der Waals surface area contributed by atoms with Crippen molar-refractivity contribution >= 4 is 57.5 Å². The molecule has 6 amide bonds. The number of anilines is 2. The SMILES string of the molecule is O=C1[C@@H]2C3CCC(C3)N2C(=O)N1c1noc2ccccc12.O=C1[C@H]2C3CCC(C3)N2C(=O)N1c1noc2ccccc12. The van der Waals surface area contributed by atoms with Crippen LogP contribution in [-0.2, 0) is 9.59 Å². The molecular formula is C30H26N6O6. The Morgan fingerprint density at radius 1 is 0.595 bits per heavy atom. The Balaban J connectivity index is 0.000000119. The van der Waals surface area contributed by atoms with Crippen molar-refractivity contribution in [3.63, 3.8) is 0 Å². The van der Waals surface area contributed by atoms with Gasteiger partial charge in [-0.05, 0) is 74.6 Å². The lowest BCUT2D eigenvalue weighted by molar-refractivity contribution is -0.121. The Kier molecular flexibility index (Phi) is 4.78. The standard InChI is InChI=1S/2C15H13N3O3/c2*19-14-12-8-5-6-9(7-8)17(12)15(20)18(14)13-10-3-1-2-4-11(10)21-16-13/h2*1-4,8-9,12H,5-7H2/t2*8?,9?,12-/m10/s1. The number of amides is 6. The lowest BCUT2D eigenvalue weighted by Crippen LogP contribution is -2.40. The summed E-state index contributed by atoms with van der Waals surface area (Å²) in [5, 5.41) is 9.32. The van der Waals surface area contributed by atoms with E-state index in [9.17, 15) is 19.2 Å². The number of nitrogens with zero attached hydrogens (tertiary/aromatic N) is 6. The molecule has 42 heavy (non-hydrogen) atoms. The van der Waals surface area contributed by atoms with Crippen LogP contribution in [0.2, 0.25) is 0 Å². The molecule has 4 aromatic rings. The quantitative estimate of drug-likeness (QED) is 0.328. The lowest BCUT2D eigenvalue weighted by Gasteiger charge is -2.25. The van der Waals surface area contributed by atoms with Crippen molar-refractivity contribution in [3.05, 3.63) is 48.5 Å². The predicted molar refractivity (Wildman–Crippen MR) is 147 cm³/mol. The second-order valence-corrected chi connectivity index (χ2v) is 12.1. The van der Waals surface area contributed by atoms with Crippen LogP contribution in [0.15, 0.2) is 57.6 Å². The third kappa shape index (κ3) is 3.01. The number of carbonyl (C=O) groups excluding carboxylic acids is 4. The minimum Gasteiger partial charge on any atom is -0.354 e. The van der Waals surface area contributed by atoms with Gasteiger partial charge in [-0.15, -0.1) is 0 Å². The van der Waals surface area contributed by atoms with Gasteiger partial charge >= 0.3 is 12.1 Å². The largest absolute Gasteiger partial charge is 0.354 e. The maximum Gasteiger partial charge on any atom is 0.333 e. The molecule has 4 aliphatic heterocycles. The fourth-order valence-electron chi connectivity index (χ4n) is 8.30. The van der Waals surface area contributed by atoms with Crippen molar-refractivity contribution in [2.24, 2.45) is 11.8 Å². The van der Waals surface area contributed by atoms with Crippen molar-refractivity contribution in [2.45, 2.75) is 62.7 Å². The number of benzene rings is 2. The molecule has 0 radical (unpaired) electrons. The first kappa shape index (κ1) is 23.9. The molecule has 0 N–H and O–H groups in total. The monoisotopic (exact) mass is 566 g/mol. The molecule has 12 heteroatoms. The highest BCUT2D eigenvalue weighted by molar-refractivity contribution is 6.24. The maximum atomic E-state index is 12.7. The third-order valence-electron chi connectivity index (χ3n) is 10.1. The molecule has 2 aromatic heterocycles. The van der Waals surface area contributed by atoms with Crippen molar-refractivity contribution in [2.75, 3.05) is 9.80 Å². The summed E-state index contributed by atoms with van der Waals surface area (Å²) in [7, 11) is 0. The van der Waals surface area contributed by atoms with E-state index in [-0.39, 0.29) is 48.0 Å². The van der Waals surface area contributed by atoms with Crippen LogP contribution < -0.4 is 9.80 Å². The van der Waals surface area contributed by atoms with E-state index in [1.54, 1.807) is 21.9 Å². The first-order chi connectivity index (χ1) is 20.5. The molecule has 2 saturated carbocycles. The molecule has 2 aliphatic carbocycles. The van der Waals surface area contributed by atoms with Gasteiger partial charge in [0.1, 0.15) is 12.1 Å². The van der Waals surface area contributed by atoms with Gasteiger partial charge in [-0.1, -0.05) is 34.6 Å². The summed E-state index contributed by atoms with van der Waals surface area (Å²) in [6, 6.07) is 14.0. The molecule has 2 aromatic carbocycles. The number of rotatable bonds is 2. The summed E-state index contributed by atoms with van der Waals surface area (Å²) < 4.78 is 10.5. The van der Waals surface area contributed by atoms with E-state index in [1.807, 2.05) is 36.4 Å². The number of piperidine rings is 2. The average Bonchev–Trinajstić information content (AvgIpc) is 3.85. The Bertz CT molecular complexity index is 1640. The van der Waals surface area contributed by atoms with Crippen LogP contribution >= 0.6 is 0 Å². The molecule has 12 nitrogen and oxygen atoms in total. The molecule has 4 saturated heterocycles. The lowest BCUT2D eigenvalue weighted by atomic mass is 9.99. The van der Waals surface area contributed by atoms with E-state index in [4.69, 9.17) is 9.05 Å². The Labute approximate surface area is 238 Å². The first-order valence-electron chi connectivity index (χ1n) is 14.5. The summed E-state index contributed by atoms with van der Waals surface area (Å²) in [5.74, 6) is 0.991. The molecule has 4 bridgehead atoms. The highest BCUT2D eigenvalue weighted by Gasteiger charge is 2.61. The summed E-state index contributed by atoms with van der Waals surface area (Å²) in [4.78, 5) is 56.7. The molecule has 0 spiro atoms. The molecular weight excluding hydrogens is 540 g/mol. The zero-order chi connectivity index (χ0) is 28.3. The first-order valence-corrected chi connectivity index (χ1v) is 14.5. The van der Waals surface area contributed by atoms with E-state index in [0.717, 1.165) is 38.5 Å². The van der Waals surface area contributed by atoms with Gasteiger partial charge in [0, 0.05) is 12.1 Å². The number of urea groups is 2. The van der Waals surface area contributed by atoms with Gasteiger partial charge in [0.25, 0.3) is 11.8 Å². The van der Waals surface area contributed by atoms with Crippen molar-refractivity contribution in [1.82, 2.24) is 20.1 Å². The van der Waals surface area contributed by atoms with Gasteiger partial charge < -0.3 is 18.8 Å². The third-order valence-corrected chi connectivity index (χ3v) is 10.1. The Hall–Kier alpha value is -4.74. The van der Waals surface area contributed by atoms with E-state index < -0.39 is 0 Å². The fraction of sp³-hybridized carbons (Fsp3) is 0.400. The number of fused-ring (bicyclic) bond motifs is 12. The van der Waals surface area contributed by atoms with Crippen molar-refractivity contribution < 1.29 is 28.2 Å². The van der Waals surface area contributed by atoms with Crippen LogP contribution in [0.25, 0.3) is 21.9 Å². The number of hydrogen-bond donors (Lipinski definition) is 0. The summed E-state index contributed by atoms with van der Waals surface area (Å²) >= 11 is 0. The second kappa shape index (κ2) is 8.40. The number of para-hydroxylation sites is 2. The smallest absolute Gasteiger partial charge is 0.333 e. The minimum atomic E-state index is -0.285. The molecule has 212 valence electrons. The van der Waals surface area contributed by atoms with E-state index in [0.29, 0.717) is 45.4 Å². The topological polar surface area (TPSA) is 133 Å². The van der Waals surface area contributed by atoms with E-state index in [1.165, 1.54) is 9.80 Å². The Morgan fingerprint density at radius 2 is 1.02 bits per heavy atom. The second-order valence-electron chi connectivity index (χ2n) is 12.1. The average molecular weight is 567 g/mol. The normalized spacial score (nSPS) is 30.8. The highest BCUT2D eigenvalue weighted by atomic mass is 16.5. The van der Waals surface area contributed by atoms with Gasteiger partial charge in [0.05, 0.1) is 10.8 Å². The summed E-state index contributed by atoms with van der Waals surface area (Å²) in [6.07, 6.45) is 6.03. The molecule has 6 aliphatic rings. The zero-order valence-electron chi connectivity index (χ0n) is 22.5. The number of carbonyl (C=O) groups is 4. The van der Waals surface area contributed by atoms with Crippen LogP contribution in [0.1, 0.15) is 38.5 Å². The van der Waals surface area contributed by atoms with Crippen molar-refractivity contribution in [1.29, 1.82) is 0 Å². The number of aromatic nitrogens is 2. The summed E-state index contributed by atoms with van der Waals surface area (Å²) in [6.45, 7) is 0. The van der Waals surface area contributed by atoms with Crippen LogP contribution in [0.5, 0.6) is 0 Å². The highest BCUT2D eigenvalue weighted by Crippen LogP contribution is 2.49. The van der Waals surface area contributed by atoms with E-state index in [2.05, 4.69) is 10.3 Å². The van der Waals surface area contributed by atoms with Gasteiger partial charge in [-0.3, -0.25) is 9.59 Å². The van der Waals surface area contributed by atoms with Crippen molar-refractivity contribution in [3.8, 4) is 0 Å². The molecule has 10 rings (SSSR count). The van der Waals surface area contributed by atoms with E-state index >= 15 is 0 Å². The fourth-order valence-corrected chi connectivity index (χ4v) is 8.30. The predicted octanol–water partition coefficient (Wildman–Crippen LogP) is 4.29. The Morgan fingerprint density at radius 3 is 1.45 bits per heavy atom. The molecule has 6 fully saturated rings. The van der Waals surface area contributed by atoms with Gasteiger partial charge in [0.2, 0.25) is 0 Å². The number of hydrogen-bond acceptors (Lipinski definition) is 8. The van der Waals surface area contributed by atoms with Crippen LogP contribution in [0, 0.1) is 11.8 Å². The van der Waals surface area contributed by atoms with Gasteiger partial charge in [0.15, 0.2) is 22.8 Å². The van der Waals surface area contributed by atoms with Crippen LogP contribution in [0.4, 0.5) is 21.2 Å². The van der Waals surface area contributed by atoms with Gasteiger partial charge in [-0.25, -0.2) is 19.4 Å². The molecule has 6 atom stereocenters. The number of imide groups is 2.